The van der Waals surface area contributed by atoms with Crippen LogP contribution in [-0.4, -0.2) is 33.2 Å². The van der Waals surface area contributed by atoms with E-state index in [1.807, 2.05) is 24.3 Å². The van der Waals surface area contributed by atoms with E-state index in [-0.39, 0.29) is 24.5 Å². The van der Waals surface area contributed by atoms with Gasteiger partial charge in [0.15, 0.2) is 5.58 Å². The van der Waals surface area contributed by atoms with Crippen molar-refractivity contribution in [1.29, 1.82) is 0 Å². The Morgan fingerprint density at radius 1 is 1.19 bits per heavy atom. The Kier molecular flexibility index (Phi) is 4.77. The standard InChI is InChI=1S/C19H20N4O3/c24-18(11-16-15-3-1-2-4-17(15)26-23-16)22-13-5-7-14(8-6-13)25-19-12-20-9-10-21-19/h1-4,9-10,12-14H,5-8,11H2,(H,22,24). The first-order valence-corrected chi connectivity index (χ1v) is 8.83. The van der Waals surface area contributed by atoms with Crippen molar-refractivity contribution in [3.05, 3.63) is 48.5 Å². The van der Waals surface area contributed by atoms with Crippen molar-refractivity contribution in [1.82, 2.24) is 20.4 Å². The predicted octanol–water partition coefficient (Wildman–Crippen LogP) is 2.67. The highest BCUT2D eigenvalue weighted by molar-refractivity contribution is 5.86. The third-order valence-electron chi connectivity index (χ3n) is 4.65. The maximum absolute atomic E-state index is 12.4. The number of carbonyl (C=O) groups is 1. The van der Waals surface area contributed by atoms with Crippen LogP contribution < -0.4 is 10.1 Å². The van der Waals surface area contributed by atoms with Crippen LogP contribution in [0.3, 0.4) is 0 Å². The molecule has 0 bridgehead atoms. The average molecular weight is 352 g/mol. The Balaban J connectivity index is 1.27. The van der Waals surface area contributed by atoms with Gasteiger partial charge in [0.05, 0.1) is 12.6 Å². The molecule has 1 aromatic carbocycles. The summed E-state index contributed by atoms with van der Waals surface area (Å²) in [6.07, 6.45) is 8.75. The molecule has 0 saturated heterocycles. The first-order chi connectivity index (χ1) is 12.8. The van der Waals surface area contributed by atoms with Crippen molar-refractivity contribution in [2.45, 2.75) is 44.2 Å². The van der Waals surface area contributed by atoms with Crippen molar-refractivity contribution in [2.24, 2.45) is 0 Å². The molecule has 1 saturated carbocycles. The van der Waals surface area contributed by atoms with Crippen molar-refractivity contribution >= 4 is 16.9 Å². The molecular weight excluding hydrogens is 332 g/mol. The van der Waals surface area contributed by atoms with Crippen molar-refractivity contribution < 1.29 is 14.1 Å². The number of hydrogen-bond acceptors (Lipinski definition) is 6. The Morgan fingerprint density at radius 2 is 2.04 bits per heavy atom. The lowest BCUT2D eigenvalue weighted by Crippen LogP contribution is -2.40. The van der Waals surface area contributed by atoms with E-state index in [4.69, 9.17) is 9.26 Å². The molecule has 1 aliphatic rings. The molecule has 1 fully saturated rings. The minimum absolute atomic E-state index is 0.0256. The zero-order valence-corrected chi connectivity index (χ0v) is 14.3. The van der Waals surface area contributed by atoms with Crippen LogP contribution in [0.15, 0.2) is 47.4 Å². The van der Waals surface area contributed by atoms with Crippen LogP contribution in [0.1, 0.15) is 31.4 Å². The highest BCUT2D eigenvalue weighted by Crippen LogP contribution is 2.23. The summed E-state index contributed by atoms with van der Waals surface area (Å²) in [5, 5.41) is 8.01. The fourth-order valence-corrected chi connectivity index (χ4v) is 3.34. The van der Waals surface area contributed by atoms with E-state index in [1.165, 1.54) is 0 Å². The summed E-state index contributed by atoms with van der Waals surface area (Å²) < 4.78 is 11.1. The summed E-state index contributed by atoms with van der Waals surface area (Å²) in [7, 11) is 0. The van der Waals surface area contributed by atoms with Gasteiger partial charge in [-0.1, -0.05) is 17.3 Å². The Hall–Kier alpha value is -2.96. The summed E-state index contributed by atoms with van der Waals surface area (Å²) in [6, 6.07) is 7.74. The number of aromatic nitrogens is 3. The molecule has 3 aromatic rings. The maximum atomic E-state index is 12.4. The third-order valence-corrected chi connectivity index (χ3v) is 4.65. The fourth-order valence-electron chi connectivity index (χ4n) is 3.34. The largest absolute Gasteiger partial charge is 0.473 e. The molecule has 26 heavy (non-hydrogen) atoms. The number of para-hydroxylation sites is 1. The third kappa shape index (κ3) is 3.82. The number of fused-ring (bicyclic) bond motifs is 1. The van der Waals surface area contributed by atoms with Crippen LogP contribution in [0.5, 0.6) is 5.88 Å². The number of benzene rings is 1. The first-order valence-electron chi connectivity index (χ1n) is 8.83. The Labute approximate surface area is 150 Å². The van der Waals surface area contributed by atoms with Gasteiger partial charge in [-0.05, 0) is 37.8 Å². The highest BCUT2D eigenvalue weighted by Gasteiger charge is 2.24. The zero-order valence-electron chi connectivity index (χ0n) is 14.3. The van der Waals surface area contributed by atoms with Crippen LogP contribution in [0, 0.1) is 0 Å². The van der Waals surface area contributed by atoms with Crippen LogP contribution in [0.25, 0.3) is 11.0 Å². The van der Waals surface area contributed by atoms with Gasteiger partial charge in [-0.3, -0.25) is 9.78 Å². The molecule has 2 aromatic heterocycles. The second-order valence-corrected chi connectivity index (χ2v) is 6.50. The van der Waals surface area contributed by atoms with Gasteiger partial charge in [-0.2, -0.15) is 0 Å². The number of carbonyl (C=O) groups excluding carboxylic acids is 1. The van der Waals surface area contributed by atoms with Gasteiger partial charge in [-0.15, -0.1) is 0 Å². The molecule has 2 heterocycles. The number of rotatable bonds is 5. The van der Waals surface area contributed by atoms with Crippen LogP contribution >= 0.6 is 0 Å². The Bertz CT molecular complexity index is 873. The van der Waals surface area contributed by atoms with Crippen LogP contribution in [0.4, 0.5) is 0 Å². The van der Waals surface area contributed by atoms with Crippen molar-refractivity contribution in [2.75, 3.05) is 0 Å². The molecule has 0 radical (unpaired) electrons. The summed E-state index contributed by atoms with van der Waals surface area (Å²) in [5.74, 6) is 0.528. The first kappa shape index (κ1) is 16.5. The number of ether oxygens (including phenoxy) is 1. The topological polar surface area (TPSA) is 90.1 Å². The summed E-state index contributed by atoms with van der Waals surface area (Å²) >= 11 is 0. The molecule has 0 aliphatic heterocycles. The quantitative estimate of drug-likeness (QED) is 0.759. The lowest BCUT2D eigenvalue weighted by Gasteiger charge is -2.29. The number of amides is 1. The van der Waals surface area contributed by atoms with E-state index in [1.54, 1.807) is 18.6 Å². The number of nitrogens with zero attached hydrogens (tertiary/aromatic N) is 3. The van der Waals surface area contributed by atoms with E-state index in [2.05, 4.69) is 20.4 Å². The van der Waals surface area contributed by atoms with Crippen molar-refractivity contribution in [3.63, 3.8) is 0 Å². The van der Waals surface area contributed by atoms with Crippen LogP contribution in [-0.2, 0) is 11.2 Å². The van der Waals surface area contributed by atoms with E-state index in [0.29, 0.717) is 17.2 Å². The second-order valence-electron chi connectivity index (χ2n) is 6.50. The van der Waals surface area contributed by atoms with E-state index < -0.39 is 0 Å². The molecule has 1 amide bonds. The zero-order chi connectivity index (χ0) is 17.8. The van der Waals surface area contributed by atoms with Gasteiger partial charge < -0.3 is 14.6 Å². The average Bonchev–Trinajstić information content (AvgIpc) is 3.07. The van der Waals surface area contributed by atoms with Gasteiger partial charge in [0, 0.05) is 23.8 Å². The Morgan fingerprint density at radius 3 is 2.85 bits per heavy atom. The molecule has 0 unspecified atom stereocenters. The lowest BCUT2D eigenvalue weighted by atomic mass is 9.93. The summed E-state index contributed by atoms with van der Waals surface area (Å²) in [4.78, 5) is 20.5. The number of hydrogen-bond donors (Lipinski definition) is 1. The molecule has 1 N–H and O–H groups in total. The SMILES string of the molecule is O=C(Cc1noc2ccccc12)NC1CCC(Oc2cnccn2)CC1. The van der Waals surface area contributed by atoms with Crippen molar-refractivity contribution in [3.8, 4) is 5.88 Å². The van der Waals surface area contributed by atoms with Crippen LogP contribution in [0.2, 0.25) is 0 Å². The van der Waals surface area contributed by atoms with Gasteiger partial charge >= 0.3 is 0 Å². The second kappa shape index (κ2) is 7.51. The normalized spacial score (nSPS) is 20.0. The van der Waals surface area contributed by atoms with E-state index in [9.17, 15) is 4.79 Å². The summed E-state index contributed by atoms with van der Waals surface area (Å²) in [6.45, 7) is 0. The van der Waals surface area contributed by atoms with E-state index in [0.717, 1.165) is 31.1 Å². The molecule has 7 nitrogen and oxygen atoms in total. The fraction of sp³-hybridized carbons (Fsp3) is 0.368. The van der Waals surface area contributed by atoms with Gasteiger partial charge in [0.1, 0.15) is 11.8 Å². The van der Waals surface area contributed by atoms with Gasteiger partial charge in [0.2, 0.25) is 11.8 Å². The molecule has 4 rings (SSSR count). The highest BCUT2D eigenvalue weighted by atomic mass is 16.5. The van der Waals surface area contributed by atoms with Gasteiger partial charge in [-0.25, -0.2) is 4.98 Å². The molecule has 0 spiro atoms. The number of nitrogens with one attached hydrogen (secondary N) is 1. The van der Waals surface area contributed by atoms with Gasteiger partial charge in [0.25, 0.3) is 0 Å². The predicted molar refractivity (Wildman–Crippen MR) is 94.6 cm³/mol. The minimum Gasteiger partial charge on any atom is -0.473 e. The minimum atomic E-state index is -0.0256. The smallest absolute Gasteiger partial charge is 0.232 e. The lowest BCUT2D eigenvalue weighted by molar-refractivity contribution is -0.121. The molecule has 134 valence electrons. The van der Waals surface area contributed by atoms with E-state index >= 15 is 0 Å². The molecule has 7 heteroatoms. The molecular formula is C19H20N4O3. The summed E-state index contributed by atoms with van der Waals surface area (Å²) in [5.41, 5.74) is 1.38. The molecule has 0 atom stereocenters. The monoisotopic (exact) mass is 352 g/mol. The maximum Gasteiger partial charge on any atom is 0.232 e. The molecule has 1 aliphatic carbocycles.